The molecule has 2 fully saturated rings. The third-order valence-corrected chi connectivity index (χ3v) is 4.39. The zero-order chi connectivity index (χ0) is 18.4. The molecule has 5 nitrogen and oxygen atoms in total. The summed E-state index contributed by atoms with van der Waals surface area (Å²) in [4.78, 5) is 17.6. The average molecular weight is 358 g/mol. The molecular weight excluding hydrogens is 337 g/mol. The molecular formula is C17H21F3N2O3. The molecule has 1 aromatic heterocycles. The monoisotopic (exact) mass is 358 g/mol. The predicted molar refractivity (Wildman–Crippen MR) is 83.1 cm³/mol. The minimum absolute atomic E-state index is 0.209. The van der Waals surface area contributed by atoms with Crippen molar-refractivity contribution in [1.82, 2.24) is 9.88 Å². The highest BCUT2D eigenvalue weighted by molar-refractivity contribution is 5.69. The number of carbonyl (C=O) groups excluding carboxylic acids is 1. The second kappa shape index (κ2) is 6.07. The molecule has 0 spiro atoms. The van der Waals surface area contributed by atoms with Gasteiger partial charge < -0.3 is 14.4 Å². The molecule has 1 aliphatic heterocycles. The molecule has 3 atom stereocenters. The number of halogens is 3. The highest BCUT2D eigenvalue weighted by Crippen LogP contribution is 2.42. The molecule has 1 aliphatic carbocycles. The Bertz CT molecular complexity index is 657. The lowest BCUT2D eigenvalue weighted by atomic mass is 10.1. The van der Waals surface area contributed by atoms with E-state index in [0.717, 1.165) is 6.07 Å². The maximum Gasteiger partial charge on any atom is 0.421 e. The molecule has 1 amide bonds. The highest BCUT2D eigenvalue weighted by Gasteiger charge is 2.50. The van der Waals surface area contributed by atoms with Gasteiger partial charge in [-0.25, -0.2) is 9.78 Å². The van der Waals surface area contributed by atoms with Crippen LogP contribution in [0.4, 0.5) is 18.0 Å². The van der Waals surface area contributed by atoms with Crippen LogP contribution in [0.1, 0.15) is 39.2 Å². The fourth-order valence-electron chi connectivity index (χ4n) is 3.47. The van der Waals surface area contributed by atoms with Gasteiger partial charge in [0.1, 0.15) is 17.3 Å². The molecule has 25 heavy (non-hydrogen) atoms. The molecule has 1 saturated carbocycles. The van der Waals surface area contributed by atoms with Crippen LogP contribution < -0.4 is 4.74 Å². The Balaban J connectivity index is 1.75. The van der Waals surface area contributed by atoms with Gasteiger partial charge in [0.05, 0.1) is 6.04 Å². The number of fused-ring (bicyclic) bond motifs is 2. The minimum atomic E-state index is -4.54. The van der Waals surface area contributed by atoms with Crippen LogP contribution in [0, 0.1) is 5.92 Å². The van der Waals surface area contributed by atoms with E-state index in [1.807, 2.05) is 0 Å². The number of alkyl halides is 3. The van der Waals surface area contributed by atoms with Crippen molar-refractivity contribution in [2.24, 2.45) is 5.92 Å². The number of hydrogen-bond acceptors (Lipinski definition) is 4. The number of likely N-dealkylation sites (tertiary alicyclic amines) is 1. The van der Waals surface area contributed by atoms with Crippen LogP contribution in [0.25, 0.3) is 0 Å². The van der Waals surface area contributed by atoms with Crippen molar-refractivity contribution >= 4 is 6.09 Å². The summed E-state index contributed by atoms with van der Waals surface area (Å²) in [6.45, 7) is 5.87. The van der Waals surface area contributed by atoms with Crippen molar-refractivity contribution < 1.29 is 27.4 Å². The molecule has 0 unspecified atom stereocenters. The van der Waals surface area contributed by atoms with Gasteiger partial charge in [0.25, 0.3) is 0 Å². The third kappa shape index (κ3) is 3.82. The molecule has 1 saturated heterocycles. The van der Waals surface area contributed by atoms with E-state index in [2.05, 4.69) is 4.98 Å². The summed E-state index contributed by atoms with van der Waals surface area (Å²) < 4.78 is 50.3. The number of rotatable bonds is 2. The van der Waals surface area contributed by atoms with E-state index in [1.165, 1.54) is 12.3 Å². The predicted octanol–water partition coefficient (Wildman–Crippen LogP) is 3.88. The van der Waals surface area contributed by atoms with Crippen molar-refractivity contribution in [3.05, 3.63) is 23.9 Å². The number of aromatic nitrogens is 1. The Hall–Kier alpha value is -1.99. The van der Waals surface area contributed by atoms with Gasteiger partial charge in [-0.1, -0.05) is 0 Å². The molecule has 2 heterocycles. The Labute approximate surface area is 144 Å². The second-order valence-electron chi connectivity index (χ2n) is 7.55. The summed E-state index contributed by atoms with van der Waals surface area (Å²) in [6.07, 6.45) is -2.92. The van der Waals surface area contributed by atoms with E-state index < -0.39 is 35.4 Å². The number of piperidine rings is 1. The van der Waals surface area contributed by atoms with E-state index in [4.69, 9.17) is 9.47 Å². The summed E-state index contributed by atoms with van der Waals surface area (Å²) >= 11 is 0. The first-order valence-electron chi connectivity index (χ1n) is 8.23. The van der Waals surface area contributed by atoms with E-state index in [9.17, 15) is 18.0 Å². The van der Waals surface area contributed by atoms with Crippen LogP contribution in [-0.2, 0) is 10.9 Å². The molecule has 0 N–H and O–H groups in total. The first kappa shape index (κ1) is 17.8. The Kier molecular flexibility index (Phi) is 4.33. The Morgan fingerprint density at radius 2 is 2.00 bits per heavy atom. The normalized spacial score (nSPS) is 26.0. The zero-order valence-electron chi connectivity index (χ0n) is 14.3. The highest BCUT2D eigenvalue weighted by atomic mass is 19.4. The van der Waals surface area contributed by atoms with E-state index in [-0.39, 0.29) is 12.0 Å². The largest absolute Gasteiger partial charge is 0.472 e. The van der Waals surface area contributed by atoms with Crippen LogP contribution in [0.5, 0.6) is 5.88 Å². The minimum Gasteiger partial charge on any atom is -0.472 e. The fraction of sp³-hybridized carbons (Fsp3) is 0.647. The molecule has 8 heteroatoms. The molecule has 138 valence electrons. The van der Waals surface area contributed by atoms with E-state index >= 15 is 0 Å². The second-order valence-corrected chi connectivity index (χ2v) is 7.55. The number of pyridine rings is 1. The van der Waals surface area contributed by atoms with Crippen LogP contribution in [-0.4, -0.2) is 40.3 Å². The van der Waals surface area contributed by atoms with Crippen LogP contribution >= 0.6 is 0 Å². The molecule has 2 aliphatic rings. The molecule has 1 aromatic rings. The van der Waals surface area contributed by atoms with Crippen LogP contribution in [0.3, 0.4) is 0 Å². The van der Waals surface area contributed by atoms with Gasteiger partial charge >= 0.3 is 12.3 Å². The quantitative estimate of drug-likeness (QED) is 0.805. The lowest BCUT2D eigenvalue weighted by Gasteiger charge is -2.34. The Morgan fingerprint density at radius 3 is 2.60 bits per heavy atom. The molecule has 3 rings (SSSR count). The first-order valence-corrected chi connectivity index (χ1v) is 8.23. The Morgan fingerprint density at radius 1 is 1.28 bits per heavy atom. The van der Waals surface area contributed by atoms with Crippen molar-refractivity contribution in [2.45, 2.75) is 57.5 Å². The maximum absolute atomic E-state index is 13.1. The summed E-state index contributed by atoms with van der Waals surface area (Å²) in [5, 5.41) is 0. The smallest absolute Gasteiger partial charge is 0.421 e. The number of hydrogen-bond donors (Lipinski definition) is 0. The van der Waals surface area contributed by atoms with Crippen LogP contribution in [0.15, 0.2) is 18.3 Å². The number of nitrogens with zero attached hydrogens (tertiary/aromatic N) is 2. The SMILES string of the molecule is CC(C)(C)OC(=O)N1C[C@H]2C[C@@H](Oc3ncccc3C(F)(F)F)[C@@H]1C2. The number of carbonyl (C=O) groups is 1. The molecule has 0 radical (unpaired) electrons. The van der Waals surface area contributed by atoms with Crippen LogP contribution in [0.2, 0.25) is 0 Å². The van der Waals surface area contributed by atoms with Gasteiger partial charge in [0, 0.05) is 12.7 Å². The van der Waals surface area contributed by atoms with Gasteiger partial charge in [0.2, 0.25) is 5.88 Å². The topological polar surface area (TPSA) is 51.7 Å². The van der Waals surface area contributed by atoms with E-state index in [0.29, 0.717) is 19.4 Å². The zero-order valence-corrected chi connectivity index (χ0v) is 14.3. The van der Waals surface area contributed by atoms with Gasteiger partial charge in [-0.3, -0.25) is 0 Å². The molecule has 0 aromatic carbocycles. The fourth-order valence-corrected chi connectivity index (χ4v) is 3.47. The summed E-state index contributed by atoms with van der Waals surface area (Å²) in [7, 11) is 0. The van der Waals surface area contributed by atoms with Gasteiger partial charge in [0.15, 0.2) is 0 Å². The van der Waals surface area contributed by atoms with Crippen molar-refractivity contribution in [2.75, 3.05) is 6.54 Å². The van der Waals surface area contributed by atoms with Crippen molar-refractivity contribution in [3.8, 4) is 5.88 Å². The third-order valence-electron chi connectivity index (χ3n) is 4.39. The van der Waals surface area contributed by atoms with Gasteiger partial charge in [-0.15, -0.1) is 0 Å². The lowest BCUT2D eigenvalue weighted by Crippen LogP contribution is -2.48. The summed E-state index contributed by atoms with van der Waals surface area (Å²) in [5.74, 6) is -0.225. The number of ether oxygens (including phenoxy) is 2. The van der Waals surface area contributed by atoms with Gasteiger partial charge in [-0.05, 0) is 51.7 Å². The lowest BCUT2D eigenvalue weighted by molar-refractivity contribution is -0.140. The first-order chi connectivity index (χ1) is 11.5. The summed E-state index contributed by atoms with van der Waals surface area (Å²) in [5.41, 5.74) is -1.53. The van der Waals surface area contributed by atoms with Crippen molar-refractivity contribution in [3.63, 3.8) is 0 Å². The van der Waals surface area contributed by atoms with Gasteiger partial charge in [-0.2, -0.15) is 13.2 Å². The summed E-state index contributed by atoms with van der Waals surface area (Å²) in [6, 6.07) is 1.88. The maximum atomic E-state index is 13.1. The number of amides is 1. The van der Waals surface area contributed by atoms with Crippen molar-refractivity contribution in [1.29, 1.82) is 0 Å². The average Bonchev–Trinajstić information content (AvgIpc) is 3.05. The standard InChI is InChI=1S/C17H21F3N2O3/c1-16(2,3)25-15(23)22-9-10-7-12(22)13(8-10)24-14-11(17(18,19)20)5-4-6-21-14/h4-6,10,12-13H,7-9H2,1-3H3/t10-,12+,13-/m1/s1. The molecule has 2 bridgehead atoms. The van der Waals surface area contributed by atoms with E-state index in [1.54, 1.807) is 25.7 Å².